The molecule has 2 fully saturated rings. The lowest BCUT2D eigenvalue weighted by molar-refractivity contribution is 0.308. The van der Waals surface area contributed by atoms with Gasteiger partial charge in [-0.25, -0.2) is 0 Å². The Kier molecular flexibility index (Phi) is 5.89. The predicted molar refractivity (Wildman–Crippen MR) is 90.3 cm³/mol. The molecule has 0 aliphatic heterocycles. The quantitative estimate of drug-likeness (QED) is 0.590. The van der Waals surface area contributed by atoms with Crippen LogP contribution in [0.25, 0.3) is 0 Å². The molecule has 0 spiro atoms. The van der Waals surface area contributed by atoms with Gasteiger partial charge in [0, 0.05) is 0 Å². The van der Waals surface area contributed by atoms with Gasteiger partial charge in [-0.15, -0.1) is 0 Å². The first-order chi connectivity index (χ1) is 11.7. The van der Waals surface area contributed by atoms with E-state index in [1.165, 1.54) is 50.7 Å². The number of halogens is 2. The van der Waals surface area contributed by atoms with E-state index < -0.39 is 11.6 Å². The summed E-state index contributed by atoms with van der Waals surface area (Å²) in [7, 11) is 0. The van der Waals surface area contributed by atoms with Gasteiger partial charge in [0.1, 0.15) is 13.2 Å². The molecule has 0 bridgehead atoms. The molecule has 2 nitrogen and oxygen atoms in total. The van der Waals surface area contributed by atoms with Crippen molar-refractivity contribution in [3.05, 3.63) is 48.1 Å². The zero-order valence-corrected chi connectivity index (χ0v) is 13.8. The number of allylic oxidation sites excluding steroid dienone is 2. The van der Waals surface area contributed by atoms with Crippen LogP contribution in [0.15, 0.2) is 36.4 Å². The minimum Gasteiger partial charge on any atom is -0.486 e. The lowest BCUT2D eigenvalue weighted by Gasteiger charge is -2.09. The molecular formula is C20H24F2O2. The molecule has 130 valence electrons. The van der Waals surface area contributed by atoms with E-state index in [9.17, 15) is 8.78 Å². The Bertz CT molecular complexity index is 600. The Morgan fingerprint density at radius 1 is 0.792 bits per heavy atom. The standard InChI is InChI=1S/C20H24F2O2/c21-19-17(23-13-3-7-15-5-1-2-6-15)11-12-18(20(19)22)24-14-4-8-16-9-10-16/h3-4,7-8,11-12,15-16H,1-2,5-6,9-10,13-14H2/b7-3+,8-4+. The summed E-state index contributed by atoms with van der Waals surface area (Å²) in [5.41, 5.74) is 0. The number of hydrogen-bond donors (Lipinski definition) is 0. The Morgan fingerprint density at radius 2 is 1.25 bits per heavy atom. The van der Waals surface area contributed by atoms with Crippen molar-refractivity contribution in [3.63, 3.8) is 0 Å². The molecule has 1 aromatic rings. The summed E-state index contributed by atoms with van der Waals surface area (Å²) in [6.07, 6.45) is 15.3. The molecule has 3 rings (SSSR count). The molecule has 0 atom stereocenters. The highest BCUT2D eigenvalue weighted by Crippen LogP contribution is 2.30. The predicted octanol–water partition coefficient (Wildman–Crippen LogP) is 5.44. The molecule has 24 heavy (non-hydrogen) atoms. The molecule has 0 N–H and O–H groups in total. The van der Waals surface area contributed by atoms with Crippen LogP contribution in [-0.4, -0.2) is 13.2 Å². The van der Waals surface area contributed by atoms with Crippen molar-refractivity contribution in [2.45, 2.75) is 38.5 Å². The van der Waals surface area contributed by atoms with Crippen molar-refractivity contribution in [1.82, 2.24) is 0 Å². The van der Waals surface area contributed by atoms with Crippen molar-refractivity contribution in [3.8, 4) is 11.5 Å². The fourth-order valence-corrected chi connectivity index (χ4v) is 2.95. The van der Waals surface area contributed by atoms with Crippen LogP contribution < -0.4 is 9.47 Å². The third kappa shape index (κ3) is 4.83. The monoisotopic (exact) mass is 334 g/mol. The van der Waals surface area contributed by atoms with E-state index in [1.54, 1.807) is 0 Å². The Hall–Kier alpha value is -1.84. The normalized spacial score (nSPS) is 18.8. The molecule has 0 heterocycles. The van der Waals surface area contributed by atoms with Crippen LogP contribution in [0.3, 0.4) is 0 Å². The second-order valence-electron chi connectivity index (χ2n) is 6.55. The van der Waals surface area contributed by atoms with Crippen LogP contribution in [0.4, 0.5) is 8.78 Å². The lowest BCUT2D eigenvalue weighted by Crippen LogP contribution is -2.02. The van der Waals surface area contributed by atoms with Crippen molar-refractivity contribution < 1.29 is 18.3 Å². The molecule has 1 aromatic carbocycles. The summed E-state index contributed by atoms with van der Waals surface area (Å²) < 4.78 is 38.6. The molecule has 2 aliphatic rings. The SMILES string of the molecule is Fc1c(OC/C=C/C2CCCC2)ccc(OC/C=C/C2CC2)c1F. The fourth-order valence-electron chi connectivity index (χ4n) is 2.95. The molecule has 2 aliphatic carbocycles. The van der Waals surface area contributed by atoms with Gasteiger partial charge in [0.15, 0.2) is 11.5 Å². The van der Waals surface area contributed by atoms with Gasteiger partial charge in [-0.1, -0.05) is 37.1 Å². The number of rotatable bonds is 8. The Balaban J connectivity index is 1.49. The molecule has 0 unspecified atom stereocenters. The molecule has 0 aromatic heterocycles. The first-order valence-electron chi connectivity index (χ1n) is 8.81. The Labute approximate surface area is 142 Å². The van der Waals surface area contributed by atoms with E-state index >= 15 is 0 Å². The van der Waals surface area contributed by atoms with Gasteiger partial charge in [-0.3, -0.25) is 0 Å². The smallest absolute Gasteiger partial charge is 0.204 e. The molecule has 2 saturated carbocycles. The molecule has 0 amide bonds. The summed E-state index contributed by atoms with van der Waals surface area (Å²) in [5, 5.41) is 0. The number of ether oxygens (including phenoxy) is 2. The van der Waals surface area contributed by atoms with E-state index in [-0.39, 0.29) is 24.7 Å². The number of hydrogen-bond acceptors (Lipinski definition) is 2. The second kappa shape index (κ2) is 8.32. The zero-order chi connectivity index (χ0) is 16.8. The van der Waals surface area contributed by atoms with Crippen LogP contribution in [0.2, 0.25) is 0 Å². The van der Waals surface area contributed by atoms with Crippen molar-refractivity contribution >= 4 is 0 Å². The van der Waals surface area contributed by atoms with Gasteiger partial charge in [-0.05, 0) is 49.7 Å². The highest BCUT2D eigenvalue weighted by atomic mass is 19.2. The van der Waals surface area contributed by atoms with Gasteiger partial charge < -0.3 is 9.47 Å². The maximum Gasteiger partial charge on any atom is 0.204 e. The average molecular weight is 334 g/mol. The molecular weight excluding hydrogens is 310 g/mol. The summed E-state index contributed by atoms with van der Waals surface area (Å²) in [4.78, 5) is 0. The highest BCUT2D eigenvalue weighted by Gasteiger charge is 2.17. The maximum atomic E-state index is 14.0. The van der Waals surface area contributed by atoms with Crippen LogP contribution in [0, 0.1) is 23.5 Å². The first-order valence-corrected chi connectivity index (χ1v) is 8.81. The van der Waals surface area contributed by atoms with Crippen LogP contribution in [0.1, 0.15) is 38.5 Å². The van der Waals surface area contributed by atoms with Crippen LogP contribution >= 0.6 is 0 Å². The minimum atomic E-state index is -0.993. The van der Waals surface area contributed by atoms with Gasteiger partial charge in [-0.2, -0.15) is 8.78 Å². The largest absolute Gasteiger partial charge is 0.486 e. The van der Waals surface area contributed by atoms with Crippen LogP contribution in [-0.2, 0) is 0 Å². The second-order valence-corrected chi connectivity index (χ2v) is 6.55. The van der Waals surface area contributed by atoms with Crippen molar-refractivity contribution in [1.29, 1.82) is 0 Å². The van der Waals surface area contributed by atoms with E-state index in [0.717, 1.165) is 0 Å². The van der Waals surface area contributed by atoms with E-state index in [4.69, 9.17) is 9.47 Å². The van der Waals surface area contributed by atoms with Gasteiger partial charge >= 0.3 is 0 Å². The number of benzene rings is 1. The van der Waals surface area contributed by atoms with Crippen molar-refractivity contribution in [2.24, 2.45) is 11.8 Å². The van der Waals surface area contributed by atoms with Gasteiger partial charge in [0.2, 0.25) is 11.6 Å². The van der Waals surface area contributed by atoms with E-state index in [1.807, 2.05) is 12.2 Å². The fraction of sp³-hybridized carbons (Fsp3) is 0.500. The summed E-state index contributed by atoms with van der Waals surface area (Å²) in [6.45, 7) is 0.494. The van der Waals surface area contributed by atoms with Gasteiger partial charge in [0.05, 0.1) is 0 Å². The third-order valence-corrected chi connectivity index (χ3v) is 4.52. The average Bonchev–Trinajstić information content (AvgIpc) is 3.27. The molecule has 4 heteroatoms. The summed E-state index contributed by atoms with van der Waals surface area (Å²) in [6, 6.07) is 2.83. The zero-order valence-electron chi connectivity index (χ0n) is 13.8. The maximum absolute atomic E-state index is 14.0. The summed E-state index contributed by atoms with van der Waals surface area (Å²) >= 11 is 0. The minimum absolute atomic E-state index is 0.0792. The van der Waals surface area contributed by atoms with E-state index in [2.05, 4.69) is 12.2 Å². The molecule has 0 radical (unpaired) electrons. The summed E-state index contributed by atoms with van der Waals surface area (Å²) in [5.74, 6) is -0.899. The molecule has 0 saturated heterocycles. The Morgan fingerprint density at radius 3 is 1.71 bits per heavy atom. The van der Waals surface area contributed by atoms with E-state index in [0.29, 0.717) is 11.8 Å². The first kappa shape index (κ1) is 17.0. The van der Waals surface area contributed by atoms with Gasteiger partial charge in [0.25, 0.3) is 0 Å². The lowest BCUT2D eigenvalue weighted by atomic mass is 10.1. The van der Waals surface area contributed by atoms with Crippen LogP contribution in [0.5, 0.6) is 11.5 Å². The third-order valence-electron chi connectivity index (χ3n) is 4.52. The topological polar surface area (TPSA) is 18.5 Å². The highest BCUT2D eigenvalue weighted by molar-refractivity contribution is 5.35. The van der Waals surface area contributed by atoms with Crippen molar-refractivity contribution in [2.75, 3.05) is 13.2 Å².